The smallest absolute Gasteiger partial charge is 0.387 e. The van der Waals surface area contributed by atoms with Crippen molar-refractivity contribution in [1.82, 2.24) is 0 Å². The molecule has 2 aromatic rings. The molecule has 0 aliphatic carbocycles. The number of carboxylic acid groups (broad SMARTS) is 1. The molecule has 126 valence electrons. The molecule has 0 radical (unpaired) electrons. The minimum Gasteiger partial charge on any atom is -0.478 e. The summed E-state index contributed by atoms with van der Waals surface area (Å²) in [4.78, 5) is 10.8. The van der Waals surface area contributed by atoms with E-state index in [0.29, 0.717) is 12.1 Å². The van der Waals surface area contributed by atoms with Crippen LogP contribution in [0.3, 0.4) is 0 Å². The monoisotopic (exact) mass is 334 g/mol. The first kappa shape index (κ1) is 17.4. The number of carbonyl (C=O) groups is 1. The van der Waals surface area contributed by atoms with Crippen LogP contribution < -0.4 is 10.2 Å². The third-order valence-electron chi connectivity index (χ3n) is 3.20. The number of halogens is 2. The van der Waals surface area contributed by atoms with E-state index in [0.717, 1.165) is 11.3 Å². The van der Waals surface area contributed by atoms with Crippen molar-refractivity contribution in [2.45, 2.75) is 20.0 Å². The van der Waals surface area contributed by atoms with Crippen molar-refractivity contribution >= 4 is 17.4 Å². The van der Waals surface area contributed by atoms with Gasteiger partial charge in [0, 0.05) is 0 Å². The quantitative estimate of drug-likeness (QED) is 0.588. The fourth-order valence-corrected chi connectivity index (χ4v) is 2.00. The topological polar surface area (TPSA) is 70.9 Å². The van der Waals surface area contributed by atoms with Gasteiger partial charge in [-0.3, -0.25) is 5.43 Å². The number of anilines is 1. The van der Waals surface area contributed by atoms with Crippen LogP contribution in [0.25, 0.3) is 0 Å². The lowest BCUT2D eigenvalue weighted by Gasteiger charge is -2.08. The summed E-state index contributed by atoms with van der Waals surface area (Å²) in [5.41, 5.74) is 5.18. The van der Waals surface area contributed by atoms with E-state index in [4.69, 9.17) is 5.11 Å². The van der Waals surface area contributed by atoms with Crippen molar-refractivity contribution in [3.8, 4) is 5.75 Å². The highest BCUT2D eigenvalue weighted by atomic mass is 19.3. The van der Waals surface area contributed by atoms with Crippen molar-refractivity contribution in [3.63, 3.8) is 0 Å². The molecule has 0 amide bonds. The van der Waals surface area contributed by atoms with Gasteiger partial charge in [0.2, 0.25) is 0 Å². The van der Waals surface area contributed by atoms with Crippen molar-refractivity contribution in [3.05, 3.63) is 59.7 Å². The molecule has 0 fully saturated rings. The zero-order valence-corrected chi connectivity index (χ0v) is 12.9. The third kappa shape index (κ3) is 4.77. The molecule has 0 aliphatic heterocycles. The molecule has 0 unspecified atom stereocenters. The molecule has 5 nitrogen and oxygen atoms in total. The van der Waals surface area contributed by atoms with Crippen molar-refractivity contribution in [2.24, 2.45) is 5.10 Å². The Hall–Kier alpha value is -2.96. The molecular weight excluding hydrogens is 318 g/mol. The Morgan fingerprint density at radius 3 is 2.21 bits per heavy atom. The first-order valence-electron chi connectivity index (χ1n) is 7.20. The number of alkyl halides is 2. The predicted molar refractivity (Wildman–Crippen MR) is 86.9 cm³/mol. The Kier molecular flexibility index (Phi) is 5.83. The minimum atomic E-state index is -2.86. The molecule has 7 heteroatoms. The molecule has 2 aromatic carbocycles. The van der Waals surface area contributed by atoms with E-state index in [1.54, 1.807) is 24.3 Å². The number of rotatable bonds is 7. The first-order chi connectivity index (χ1) is 11.5. The van der Waals surface area contributed by atoms with E-state index in [2.05, 4.69) is 15.3 Å². The Bertz CT molecular complexity index is 714. The number of benzene rings is 2. The summed E-state index contributed by atoms with van der Waals surface area (Å²) in [7, 11) is 0. The van der Waals surface area contributed by atoms with Gasteiger partial charge in [-0.05, 0) is 60.5 Å². The molecule has 0 aromatic heterocycles. The summed E-state index contributed by atoms with van der Waals surface area (Å²) in [6.07, 6.45) is 0.620. The Morgan fingerprint density at radius 2 is 1.71 bits per heavy atom. The van der Waals surface area contributed by atoms with Gasteiger partial charge in [-0.1, -0.05) is 6.92 Å². The molecule has 0 saturated carbocycles. The molecular formula is C17H16F2N2O3. The average Bonchev–Trinajstić information content (AvgIpc) is 2.56. The van der Waals surface area contributed by atoms with E-state index in [1.807, 2.05) is 6.92 Å². The molecule has 24 heavy (non-hydrogen) atoms. The molecule has 0 heterocycles. The van der Waals surface area contributed by atoms with Crippen LogP contribution in [0.5, 0.6) is 5.75 Å². The zero-order valence-electron chi connectivity index (χ0n) is 12.9. The highest BCUT2D eigenvalue weighted by Crippen LogP contribution is 2.17. The van der Waals surface area contributed by atoms with Crippen LogP contribution in [0.2, 0.25) is 0 Å². The van der Waals surface area contributed by atoms with Gasteiger partial charge in [0.05, 0.1) is 17.0 Å². The van der Waals surface area contributed by atoms with E-state index in [1.165, 1.54) is 24.3 Å². The van der Waals surface area contributed by atoms with Crippen LogP contribution in [-0.4, -0.2) is 23.4 Å². The van der Waals surface area contributed by atoms with E-state index < -0.39 is 12.6 Å². The average molecular weight is 334 g/mol. The minimum absolute atomic E-state index is 0.0846. The number of ether oxygens (including phenoxy) is 1. The number of hydrazone groups is 1. The SMILES string of the molecule is CCC(=NNc1ccc(C(=O)O)cc1)c1ccc(OC(F)F)cc1. The van der Waals surface area contributed by atoms with Crippen molar-refractivity contribution < 1.29 is 23.4 Å². The normalized spacial score (nSPS) is 11.4. The van der Waals surface area contributed by atoms with Gasteiger partial charge in [-0.2, -0.15) is 13.9 Å². The van der Waals surface area contributed by atoms with Gasteiger partial charge >= 0.3 is 12.6 Å². The Labute approximate surface area is 137 Å². The van der Waals surface area contributed by atoms with Gasteiger partial charge in [0.1, 0.15) is 5.75 Å². The maximum atomic E-state index is 12.1. The lowest BCUT2D eigenvalue weighted by Crippen LogP contribution is -2.05. The van der Waals surface area contributed by atoms with Crippen LogP contribution in [0.4, 0.5) is 14.5 Å². The molecule has 0 spiro atoms. The number of nitrogens with zero attached hydrogens (tertiary/aromatic N) is 1. The van der Waals surface area contributed by atoms with Crippen LogP contribution in [-0.2, 0) is 0 Å². The molecule has 2 N–H and O–H groups in total. The molecule has 2 rings (SSSR count). The van der Waals surface area contributed by atoms with Gasteiger partial charge < -0.3 is 9.84 Å². The summed E-state index contributed by atoms with van der Waals surface area (Å²) < 4.78 is 28.6. The fraction of sp³-hybridized carbons (Fsp3) is 0.176. The number of hydrogen-bond donors (Lipinski definition) is 2. The maximum absolute atomic E-state index is 12.1. The van der Waals surface area contributed by atoms with Gasteiger partial charge in [-0.25, -0.2) is 4.79 Å². The zero-order chi connectivity index (χ0) is 17.5. The highest BCUT2D eigenvalue weighted by molar-refractivity contribution is 6.00. The standard InChI is InChI=1S/C17H16F2N2O3/c1-2-15(11-5-9-14(10-6-11)24-17(18)19)21-20-13-7-3-12(4-8-13)16(22)23/h3-10,17,20H,2H2,1H3,(H,22,23). The maximum Gasteiger partial charge on any atom is 0.387 e. The van der Waals surface area contributed by atoms with Crippen LogP contribution in [0.15, 0.2) is 53.6 Å². The van der Waals surface area contributed by atoms with Crippen LogP contribution in [0.1, 0.15) is 29.3 Å². The van der Waals surface area contributed by atoms with Crippen LogP contribution >= 0.6 is 0 Å². The molecule has 0 atom stereocenters. The number of nitrogens with one attached hydrogen (secondary N) is 1. The second-order valence-corrected chi connectivity index (χ2v) is 4.81. The van der Waals surface area contributed by atoms with Crippen molar-refractivity contribution in [1.29, 1.82) is 0 Å². The molecule has 0 aliphatic rings. The number of aromatic carboxylic acids is 1. The first-order valence-corrected chi connectivity index (χ1v) is 7.20. The summed E-state index contributed by atoms with van der Waals surface area (Å²) in [5.74, 6) is -0.910. The predicted octanol–water partition coefficient (Wildman–Crippen LogP) is 4.21. The number of carboxylic acids is 1. The molecule has 0 saturated heterocycles. The van der Waals surface area contributed by atoms with Gasteiger partial charge in [0.15, 0.2) is 0 Å². The van der Waals surface area contributed by atoms with E-state index in [-0.39, 0.29) is 11.3 Å². The van der Waals surface area contributed by atoms with Gasteiger partial charge in [0.25, 0.3) is 0 Å². The lowest BCUT2D eigenvalue weighted by atomic mass is 10.1. The fourth-order valence-electron chi connectivity index (χ4n) is 2.00. The summed E-state index contributed by atoms with van der Waals surface area (Å²) in [5, 5.41) is 13.1. The second-order valence-electron chi connectivity index (χ2n) is 4.81. The van der Waals surface area contributed by atoms with Crippen molar-refractivity contribution in [2.75, 3.05) is 5.43 Å². The largest absolute Gasteiger partial charge is 0.478 e. The van der Waals surface area contributed by atoms with Crippen LogP contribution in [0, 0.1) is 0 Å². The molecule has 0 bridgehead atoms. The lowest BCUT2D eigenvalue weighted by molar-refractivity contribution is -0.0498. The summed E-state index contributed by atoms with van der Waals surface area (Å²) in [6.45, 7) is -0.942. The highest BCUT2D eigenvalue weighted by Gasteiger charge is 2.06. The van der Waals surface area contributed by atoms with E-state index in [9.17, 15) is 13.6 Å². The third-order valence-corrected chi connectivity index (χ3v) is 3.20. The summed E-state index contributed by atoms with van der Waals surface area (Å²) in [6, 6.07) is 12.4. The summed E-state index contributed by atoms with van der Waals surface area (Å²) >= 11 is 0. The number of hydrogen-bond acceptors (Lipinski definition) is 4. The second kappa shape index (κ2) is 8.05. The van der Waals surface area contributed by atoms with E-state index >= 15 is 0 Å². The Balaban J connectivity index is 2.09. The van der Waals surface area contributed by atoms with Gasteiger partial charge in [-0.15, -0.1) is 0 Å². The Morgan fingerprint density at radius 1 is 1.12 bits per heavy atom.